The molecule has 0 aliphatic carbocycles. The summed E-state index contributed by atoms with van der Waals surface area (Å²) in [7, 11) is -1.82. The zero-order valence-corrected chi connectivity index (χ0v) is 13.1. The molecule has 2 aromatic heterocycles. The fourth-order valence-electron chi connectivity index (χ4n) is 1.84. The van der Waals surface area contributed by atoms with Crippen LogP contribution in [0.25, 0.3) is 0 Å². The van der Waals surface area contributed by atoms with Crippen molar-refractivity contribution in [2.24, 2.45) is 0 Å². The number of nitrogens with one attached hydrogen (secondary N) is 2. The second-order valence-corrected chi connectivity index (χ2v) is 7.00. The smallest absolute Gasteiger partial charge is 0.274 e. The molecule has 0 amide bonds. The van der Waals surface area contributed by atoms with Crippen molar-refractivity contribution in [2.45, 2.75) is 31.5 Å². The van der Waals surface area contributed by atoms with Crippen LogP contribution in [0.15, 0.2) is 33.1 Å². The highest BCUT2D eigenvalue weighted by Crippen LogP contribution is 2.19. The SMILES string of the molecule is CCc1ccsc1CNS(=O)(=O)c1ccc(CNC)o1. The molecular formula is C13H18N2O3S2. The Balaban J connectivity index is 2.07. The molecule has 0 bridgehead atoms. The van der Waals surface area contributed by atoms with Crippen molar-refractivity contribution in [3.05, 3.63) is 39.8 Å². The standard InChI is InChI=1S/C13H18N2O3S2/c1-3-10-6-7-19-12(10)9-15-20(16,17)13-5-4-11(18-13)8-14-2/h4-7,14-15H,3,8-9H2,1-2H3. The summed E-state index contributed by atoms with van der Waals surface area (Å²) in [5, 5.41) is 4.84. The molecule has 0 spiro atoms. The lowest BCUT2D eigenvalue weighted by Crippen LogP contribution is -2.22. The van der Waals surface area contributed by atoms with E-state index in [1.807, 2.05) is 11.4 Å². The molecule has 2 aromatic rings. The van der Waals surface area contributed by atoms with Crippen molar-refractivity contribution in [2.75, 3.05) is 7.05 Å². The van der Waals surface area contributed by atoms with E-state index in [4.69, 9.17) is 4.42 Å². The first-order valence-corrected chi connectivity index (χ1v) is 8.71. The number of rotatable bonds is 7. The third-order valence-electron chi connectivity index (χ3n) is 2.89. The Morgan fingerprint density at radius 1 is 1.25 bits per heavy atom. The first-order chi connectivity index (χ1) is 9.56. The summed E-state index contributed by atoms with van der Waals surface area (Å²) in [6.45, 7) is 2.85. The van der Waals surface area contributed by atoms with Crippen molar-refractivity contribution >= 4 is 21.4 Å². The van der Waals surface area contributed by atoms with Gasteiger partial charge in [-0.05, 0) is 42.6 Å². The molecular weight excluding hydrogens is 296 g/mol. The van der Waals surface area contributed by atoms with E-state index in [0.717, 1.165) is 11.3 Å². The summed E-state index contributed by atoms with van der Waals surface area (Å²) in [5.41, 5.74) is 1.17. The van der Waals surface area contributed by atoms with Gasteiger partial charge in [-0.3, -0.25) is 0 Å². The number of sulfonamides is 1. The average molecular weight is 314 g/mol. The van der Waals surface area contributed by atoms with Crippen molar-refractivity contribution < 1.29 is 12.8 Å². The minimum absolute atomic E-state index is 0.0441. The summed E-state index contributed by atoms with van der Waals surface area (Å²) in [6, 6.07) is 5.16. The van der Waals surface area contributed by atoms with Crippen LogP contribution in [0, 0.1) is 0 Å². The van der Waals surface area contributed by atoms with Gasteiger partial charge in [0.25, 0.3) is 10.0 Å². The summed E-state index contributed by atoms with van der Waals surface area (Å²) in [5.74, 6) is 0.596. The highest BCUT2D eigenvalue weighted by Gasteiger charge is 2.19. The molecule has 0 fully saturated rings. The van der Waals surface area contributed by atoms with Crippen molar-refractivity contribution in [3.8, 4) is 0 Å². The number of hydrogen-bond acceptors (Lipinski definition) is 5. The molecule has 0 saturated carbocycles. The quantitative estimate of drug-likeness (QED) is 0.821. The molecule has 20 heavy (non-hydrogen) atoms. The van der Waals surface area contributed by atoms with Crippen molar-refractivity contribution in [1.29, 1.82) is 0 Å². The summed E-state index contributed by atoms with van der Waals surface area (Å²) in [6.07, 6.45) is 0.896. The van der Waals surface area contributed by atoms with Crippen LogP contribution in [0.1, 0.15) is 23.1 Å². The third kappa shape index (κ3) is 3.49. The molecule has 7 heteroatoms. The first kappa shape index (κ1) is 15.2. The van der Waals surface area contributed by atoms with Gasteiger partial charge in [-0.25, -0.2) is 13.1 Å². The Bertz CT molecular complexity index is 659. The maximum atomic E-state index is 12.1. The van der Waals surface area contributed by atoms with Crippen LogP contribution in [0.2, 0.25) is 0 Å². The van der Waals surface area contributed by atoms with Crippen LogP contribution >= 0.6 is 11.3 Å². The van der Waals surface area contributed by atoms with Gasteiger partial charge in [0.1, 0.15) is 5.76 Å². The van der Waals surface area contributed by atoms with E-state index in [2.05, 4.69) is 17.0 Å². The fraction of sp³-hybridized carbons (Fsp3) is 0.385. The molecule has 2 heterocycles. The third-order valence-corrected chi connectivity index (χ3v) is 5.13. The molecule has 0 unspecified atom stereocenters. The topological polar surface area (TPSA) is 71.3 Å². The monoisotopic (exact) mass is 314 g/mol. The molecule has 0 radical (unpaired) electrons. The van der Waals surface area contributed by atoms with E-state index >= 15 is 0 Å². The highest BCUT2D eigenvalue weighted by molar-refractivity contribution is 7.89. The molecule has 0 aliphatic rings. The Labute approximate surface area is 123 Å². The summed E-state index contributed by atoms with van der Waals surface area (Å²) in [4.78, 5) is 1.04. The molecule has 0 saturated heterocycles. The Morgan fingerprint density at radius 2 is 2.05 bits per heavy atom. The minimum Gasteiger partial charge on any atom is -0.447 e. The summed E-state index contributed by atoms with van der Waals surface area (Å²) >= 11 is 1.56. The van der Waals surface area contributed by atoms with Gasteiger partial charge < -0.3 is 9.73 Å². The van der Waals surface area contributed by atoms with Crippen molar-refractivity contribution in [1.82, 2.24) is 10.0 Å². The van der Waals surface area contributed by atoms with Gasteiger partial charge in [0.05, 0.1) is 6.54 Å². The second-order valence-electron chi connectivity index (χ2n) is 4.30. The van der Waals surface area contributed by atoms with Gasteiger partial charge in [-0.2, -0.15) is 0 Å². The molecule has 2 N–H and O–H groups in total. The fourth-order valence-corrected chi connectivity index (χ4v) is 3.79. The van der Waals surface area contributed by atoms with Gasteiger partial charge in [-0.15, -0.1) is 11.3 Å². The lowest BCUT2D eigenvalue weighted by Gasteiger charge is -2.04. The van der Waals surface area contributed by atoms with Gasteiger partial charge >= 0.3 is 0 Å². The van der Waals surface area contributed by atoms with Gasteiger partial charge in [0, 0.05) is 11.4 Å². The number of hydrogen-bond donors (Lipinski definition) is 2. The molecule has 5 nitrogen and oxygen atoms in total. The Hall–Kier alpha value is -1.15. The van der Waals surface area contributed by atoms with E-state index in [0.29, 0.717) is 18.8 Å². The number of furan rings is 1. The van der Waals surface area contributed by atoms with E-state index in [1.165, 1.54) is 11.6 Å². The van der Waals surface area contributed by atoms with Gasteiger partial charge in [-0.1, -0.05) is 6.92 Å². The molecule has 2 rings (SSSR count). The zero-order chi connectivity index (χ0) is 14.6. The van der Waals surface area contributed by atoms with Crippen LogP contribution in [-0.4, -0.2) is 15.5 Å². The lowest BCUT2D eigenvalue weighted by atomic mass is 10.2. The van der Waals surface area contributed by atoms with E-state index in [1.54, 1.807) is 24.5 Å². The average Bonchev–Trinajstić information content (AvgIpc) is 3.05. The summed E-state index contributed by atoms with van der Waals surface area (Å²) < 4.78 is 32.1. The first-order valence-electron chi connectivity index (χ1n) is 6.35. The van der Waals surface area contributed by atoms with Gasteiger partial charge in [0.2, 0.25) is 5.09 Å². The van der Waals surface area contributed by atoms with Crippen LogP contribution < -0.4 is 10.0 Å². The van der Waals surface area contributed by atoms with E-state index < -0.39 is 10.0 Å². The Morgan fingerprint density at radius 3 is 2.75 bits per heavy atom. The van der Waals surface area contributed by atoms with Gasteiger partial charge in [0.15, 0.2) is 0 Å². The Kier molecular flexibility index (Phi) is 4.98. The number of thiophene rings is 1. The normalized spacial score (nSPS) is 11.9. The molecule has 0 aliphatic heterocycles. The maximum absolute atomic E-state index is 12.1. The number of aryl methyl sites for hydroxylation is 1. The largest absolute Gasteiger partial charge is 0.447 e. The minimum atomic E-state index is -3.60. The molecule has 0 aromatic carbocycles. The lowest BCUT2D eigenvalue weighted by molar-refractivity contribution is 0.404. The van der Waals surface area contributed by atoms with E-state index in [-0.39, 0.29) is 5.09 Å². The molecule has 0 atom stereocenters. The molecule has 110 valence electrons. The van der Waals surface area contributed by atoms with Crippen molar-refractivity contribution in [3.63, 3.8) is 0 Å². The zero-order valence-electron chi connectivity index (χ0n) is 11.5. The van der Waals surface area contributed by atoms with Crippen LogP contribution in [0.3, 0.4) is 0 Å². The predicted octanol–water partition coefficient (Wildman–Crippen LogP) is 2.10. The highest BCUT2D eigenvalue weighted by atomic mass is 32.2. The second kappa shape index (κ2) is 6.53. The van der Waals surface area contributed by atoms with Crippen LogP contribution in [0.5, 0.6) is 0 Å². The van der Waals surface area contributed by atoms with E-state index in [9.17, 15) is 8.42 Å². The maximum Gasteiger partial charge on any atom is 0.274 e. The van der Waals surface area contributed by atoms with Crippen LogP contribution in [-0.2, 0) is 29.5 Å². The predicted molar refractivity (Wildman–Crippen MR) is 79.2 cm³/mol. The van der Waals surface area contributed by atoms with Crippen LogP contribution in [0.4, 0.5) is 0 Å².